The zero-order valence-corrected chi connectivity index (χ0v) is 7.27. The first-order valence-corrected chi connectivity index (χ1v) is 4.09. The van der Waals surface area contributed by atoms with Crippen molar-refractivity contribution < 1.29 is 19.4 Å². The number of fused-ring (bicyclic) bond motifs is 1. The monoisotopic (exact) mass is 185 g/mol. The first kappa shape index (κ1) is 8.52. The van der Waals surface area contributed by atoms with Gasteiger partial charge >= 0.3 is 0 Å². The van der Waals surface area contributed by atoms with Gasteiger partial charge in [0.2, 0.25) is 5.91 Å². The number of aliphatic hydroxyl groups is 1. The van der Waals surface area contributed by atoms with Crippen molar-refractivity contribution in [3.63, 3.8) is 0 Å². The molecule has 2 heterocycles. The van der Waals surface area contributed by atoms with Gasteiger partial charge in [0.1, 0.15) is 5.76 Å². The van der Waals surface area contributed by atoms with E-state index in [-0.39, 0.29) is 18.7 Å². The third-order valence-corrected chi connectivity index (χ3v) is 2.23. The second-order valence-corrected chi connectivity index (χ2v) is 2.95. The predicted octanol–water partition coefficient (Wildman–Crippen LogP) is -0.576. The fraction of sp³-hybridized carbons (Fsp3) is 0.625. The topological polar surface area (TPSA) is 59.0 Å². The van der Waals surface area contributed by atoms with Crippen molar-refractivity contribution in [2.45, 2.75) is 18.9 Å². The first-order valence-electron chi connectivity index (χ1n) is 4.09. The van der Waals surface area contributed by atoms with Gasteiger partial charge in [-0.3, -0.25) is 9.69 Å². The zero-order chi connectivity index (χ0) is 9.42. The summed E-state index contributed by atoms with van der Waals surface area (Å²) in [6, 6.07) is 0. The summed E-state index contributed by atoms with van der Waals surface area (Å²) in [7, 11) is 1.51. The van der Waals surface area contributed by atoms with Gasteiger partial charge < -0.3 is 14.6 Å². The van der Waals surface area contributed by atoms with Crippen LogP contribution in [-0.2, 0) is 14.3 Å². The molecule has 0 radical (unpaired) electrons. The van der Waals surface area contributed by atoms with Crippen molar-refractivity contribution in [2.24, 2.45) is 0 Å². The van der Waals surface area contributed by atoms with Crippen LogP contribution in [0.4, 0.5) is 0 Å². The second kappa shape index (κ2) is 3.01. The van der Waals surface area contributed by atoms with Crippen LogP contribution in [-0.4, -0.2) is 42.1 Å². The summed E-state index contributed by atoms with van der Waals surface area (Å²) in [5.74, 6) is 0.555. The molecule has 5 heteroatoms. The van der Waals surface area contributed by atoms with Crippen LogP contribution < -0.4 is 0 Å². The standard InChI is InChI=1S/C8H11NO4/c1-12-8-5(2-3-10)13-7-4-6(11)9(7)8/h2,7-8,10H,3-4H2,1H3/b5-2-/t7-,8?/m1/s1. The molecule has 1 unspecified atom stereocenters. The maximum atomic E-state index is 11.1. The fourth-order valence-corrected chi connectivity index (χ4v) is 1.60. The van der Waals surface area contributed by atoms with E-state index in [4.69, 9.17) is 14.6 Å². The summed E-state index contributed by atoms with van der Waals surface area (Å²) in [6.45, 7) is -0.107. The molecule has 0 bridgehead atoms. The van der Waals surface area contributed by atoms with E-state index in [2.05, 4.69) is 0 Å². The number of nitrogens with zero attached hydrogens (tertiary/aromatic N) is 1. The summed E-state index contributed by atoms with van der Waals surface area (Å²) in [4.78, 5) is 12.6. The van der Waals surface area contributed by atoms with E-state index in [1.807, 2.05) is 0 Å². The van der Waals surface area contributed by atoms with Crippen LogP contribution in [0.2, 0.25) is 0 Å². The van der Waals surface area contributed by atoms with E-state index in [9.17, 15) is 4.79 Å². The zero-order valence-electron chi connectivity index (χ0n) is 7.27. The molecule has 5 nitrogen and oxygen atoms in total. The lowest BCUT2D eigenvalue weighted by Crippen LogP contribution is -2.53. The number of β-lactam (4-membered cyclic amide) rings is 1. The molecule has 0 spiro atoms. The molecule has 2 rings (SSSR count). The molecule has 72 valence electrons. The first-order chi connectivity index (χ1) is 6.27. The van der Waals surface area contributed by atoms with Crippen molar-refractivity contribution in [3.05, 3.63) is 11.8 Å². The van der Waals surface area contributed by atoms with Gasteiger partial charge in [-0.1, -0.05) is 0 Å². The Morgan fingerprint density at radius 2 is 2.62 bits per heavy atom. The molecular formula is C8H11NO4. The molecule has 13 heavy (non-hydrogen) atoms. The third-order valence-electron chi connectivity index (χ3n) is 2.23. The van der Waals surface area contributed by atoms with Crippen molar-refractivity contribution in [1.29, 1.82) is 0 Å². The van der Waals surface area contributed by atoms with Crippen LogP contribution in [0, 0.1) is 0 Å². The molecule has 0 saturated carbocycles. The third kappa shape index (κ3) is 1.12. The Labute approximate surface area is 75.5 Å². The van der Waals surface area contributed by atoms with Crippen LogP contribution in [0.15, 0.2) is 11.8 Å². The predicted molar refractivity (Wildman–Crippen MR) is 42.3 cm³/mol. The summed E-state index contributed by atoms with van der Waals surface area (Å²) >= 11 is 0. The lowest BCUT2D eigenvalue weighted by molar-refractivity contribution is -0.165. The highest BCUT2D eigenvalue weighted by Gasteiger charge is 2.50. The summed E-state index contributed by atoms with van der Waals surface area (Å²) in [5.41, 5.74) is 0. The number of carbonyl (C=O) groups is 1. The lowest BCUT2D eigenvalue weighted by atomic mass is 10.2. The van der Waals surface area contributed by atoms with E-state index in [1.54, 1.807) is 0 Å². The Hall–Kier alpha value is -1.07. The molecular weight excluding hydrogens is 174 g/mol. The van der Waals surface area contributed by atoms with E-state index in [1.165, 1.54) is 18.1 Å². The van der Waals surface area contributed by atoms with Gasteiger partial charge in [0.25, 0.3) is 0 Å². The molecule has 2 aliphatic heterocycles. The highest BCUT2D eigenvalue weighted by atomic mass is 16.6. The Balaban J connectivity index is 2.17. The minimum Gasteiger partial charge on any atom is -0.470 e. The van der Waals surface area contributed by atoms with Crippen LogP contribution in [0.5, 0.6) is 0 Å². The van der Waals surface area contributed by atoms with E-state index in [0.717, 1.165) is 0 Å². The lowest BCUT2D eigenvalue weighted by Gasteiger charge is -2.33. The number of aliphatic hydroxyl groups excluding tert-OH is 1. The molecule has 0 aliphatic carbocycles. The normalized spacial score (nSPS) is 34.5. The summed E-state index contributed by atoms with van der Waals surface area (Å²) < 4.78 is 10.4. The number of methoxy groups -OCH3 is 1. The van der Waals surface area contributed by atoms with Crippen molar-refractivity contribution in [1.82, 2.24) is 4.90 Å². The van der Waals surface area contributed by atoms with Crippen LogP contribution >= 0.6 is 0 Å². The Morgan fingerprint density at radius 1 is 1.85 bits per heavy atom. The number of amides is 1. The smallest absolute Gasteiger partial charge is 0.233 e. The molecule has 0 aromatic rings. The van der Waals surface area contributed by atoms with Crippen LogP contribution in [0.25, 0.3) is 0 Å². The van der Waals surface area contributed by atoms with Gasteiger partial charge in [0.05, 0.1) is 13.0 Å². The molecule has 0 aromatic carbocycles. The Kier molecular flexibility index (Phi) is 1.97. The van der Waals surface area contributed by atoms with Crippen LogP contribution in [0.1, 0.15) is 6.42 Å². The maximum absolute atomic E-state index is 11.1. The van der Waals surface area contributed by atoms with Gasteiger partial charge in [0.15, 0.2) is 12.5 Å². The maximum Gasteiger partial charge on any atom is 0.233 e. The molecule has 2 atom stereocenters. The average molecular weight is 185 g/mol. The van der Waals surface area contributed by atoms with Crippen molar-refractivity contribution in [2.75, 3.05) is 13.7 Å². The Morgan fingerprint density at radius 3 is 3.15 bits per heavy atom. The highest BCUT2D eigenvalue weighted by molar-refractivity contribution is 5.83. The van der Waals surface area contributed by atoms with Crippen molar-refractivity contribution in [3.8, 4) is 0 Å². The fourth-order valence-electron chi connectivity index (χ4n) is 1.60. The van der Waals surface area contributed by atoms with Crippen LogP contribution in [0.3, 0.4) is 0 Å². The largest absolute Gasteiger partial charge is 0.470 e. The Bertz CT molecular complexity index is 263. The van der Waals surface area contributed by atoms with Crippen molar-refractivity contribution >= 4 is 5.91 Å². The minimum atomic E-state index is -0.446. The minimum absolute atomic E-state index is 0.0261. The molecule has 2 aliphatic rings. The van der Waals surface area contributed by atoms with E-state index < -0.39 is 6.23 Å². The van der Waals surface area contributed by atoms with Gasteiger partial charge in [-0.2, -0.15) is 0 Å². The van der Waals surface area contributed by atoms with E-state index in [0.29, 0.717) is 12.2 Å². The molecule has 0 aromatic heterocycles. The summed E-state index contributed by atoms with van der Waals surface area (Å²) in [5, 5.41) is 8.68. The van der Waals surface area contributed by atoms with Gasteiger partial charge in [-0.15, -0.1) is 0 Å². The molecule has 2 fully saturated rings. The highest BCUT2D eigenvalue weighted by Crippen LogP contribution is 2.36. The number of rotatable bonds is 2. The summed E-state index contributed by atoms with van der Waals surface area (Å²) in [6.07, 6.45) is 1.29. The molecule has 1 amide bonds. The van der Waals surface area contributed by atoms with Gasteiger partial charge in [-0.05, 0) is 6.08 Å². The second-order valence-electron chi connectivity index (χ2n) is 2.95. The number of hydrogen-bond donors (Lipinski definition) is 1. The molecule has 1 N–H and O–H groups in total. The SMILES string of the molecule is COC1/C(=C/CO)O[C@@H]2CC(=O)N12. The number of hydrogen-bond acceptors (Lipinski definition) is 4. The average Bonchev–Trinajstić information content (AvgIpc) is 2.38. The number of ether oxygens (including phenoxy) is 2. The van der Waals surface area contributed by atoms with Gasteiger partial charge in [0, 0.05) is 7.11 Å². The quantitative estimate of drug-likeness (QED) is 0.585. The molecule has 2 saturated heterocycles. The van der Waals surface area contributed by atoms with E-state index >= 15 is 0 Å². The number of carbonyl (C=O) groups excluding carboxylic acids is 1. The van der Waals surface area contributed by atoms with Gasteiger partial charge in [-0.25, -0.2) is 0 Å².